The number of imidazole rings is 1. The Kier molecular flexibility index (Phi) is 4.41. The Hall–Kier alpha value is -2.28. The third-order valence-corrected chi connectivity index (χ3v) is 3.62. The summed E-state index contributed by atoms with van der Waals surface area (Å²) in [6.45, 7) is 0. The molecule has 0 saturated carbocycles. The summed E-state index contributed by atoms with van der Waals surface area (Å²) in [5.41, 5.74) is 6.18. The number of carbonyl (C=O) groups excluding carboxylic acids is 2. The second-order valence-corrected chi connectivity index (χ2v) is 5.04. The van der Waals surface area contributed by atoms with Gasteiger partial charge in [-0.25, -0.2) is 4.98 Å². The zero-order chi connectivity index (χ0) is 14.5. The van der Waals surface area contributed by atoms with Crippen LogP contribution >= 0.6 is 11.8 Å². The largest absolute Gasteiger partial charge is 0.366 e. The van der Waals surface area contributed by atoms with Crippen molar-refractivity contribution < 1.29 is 9.59 Å². The van der Waals surface area contributed by atoms with E-state index < -0.39 is 5.91 Å². The van der Waals surface area contributed by atoms with Gasteiger partial charge in [0, 0.05) is 30.7 Å². The molecule has 0 unspecified atom stereocenters. The van der Waals surface area contributed by atoms with Crippen LogP contribution in [-0.2, 0) is 11.8 Å². The van der Waals surface area contributed by atoms with Gasteiger partial charge in [0.15, 0.2) is 5.16 Å². The molecule has 0 saturated heterocycles. The molecule has 2 amide bonds. The molecule has 3 N–H and O–H groups in total. The SMILES string of the molecule is Cn1ccnc1SCC(=O)Nc1ccc(C(N)=O)cc1. The molecule has 0 bridgehead atoms. The first-order valence-electron chi connectivity index (χ1n) is 5.86. The van der Waals surface area contributed by atoms with Gasteiger partial charge in [-0.15, -0.1) is 0 Å². The summed E-state index contributed by atoms with van der Waals surface area (Å²) in [5.74, 6) is -0.361. The average Bonchev–Trinajstić information content (AvgIpc) is 2.82. The Morgan fingerprint density at radius 3 is 2.60 bits per heavy atom. The maximum Gasteiger partial charge on any atom is 0.248 e. The van der Waals surface area contributed by atoms with Crippen LogP contribution in [0.3, 0.4) is 0 Å². The number of nitrogens with one attached hydrogen (secondary N) is 1. The number of aryl methyl sites for hydroxylation is 1. The van der Waals surface area contributed by atoms with Crippen LogP contribution in [0.2, 0.25) is 0 Å². The number of carbonyl (C=O) groups is 2. The van der Waals surface area contributed by atoms with Crippen LogP contribution in [0.5, 0.6) is 0 Å². The molecule has 0 atom stereocenters. The van der Waals surface area contributed by atoms with Crippen LogP contribution in [0.4, 0.5) is 5.69 Å². The van der Waals surface area contributed by atoms with Gasteiger partial charge in [0.05, 0.1) is 5.75 Å². The van der Waals surface area contributed by atoms with E-state index in [1.54, 1.807) is 30.5 Å². The minimum atomic E-state index is -0.492. The Morgan fingerprint density at radius 2 is 2.05 bits per heavy atom. The molecule has 2 rings (SSSR count). The van der Waals surface area contributed by atoms with Gasteiger partial charge in [0.25, 0.3) is 0 Å². The highest BCUT2D eigenvalue weighted by molar-refractivity contribution is 7.99. The third-order valence-electron chi connectivity index (χ3n) is 2.56. The fourth-order valence-electron chi connectivity index (χ4n) is 1.54. The van der Waals surface area contributed by atoms with Gasteiger partial charge in [-0.3, -0.25) is 9.59 Å². The second kappa shape index (κ2) is 6.25. The molecular formula is C13H14N4O2S. The summed E-state index contributed by atoms with van der Waals surface area (Å²) < 4.78 is 1.85. The van der Waals surface area contributed by atoms with Gasteiger partial charge in [-0.05, 0) is 24.3 Å². The van der Waals surface area contributed by atoms with Crippen LogP contribution in [-0.4, -0.2) is 27.1 Å². The highest BCUT2D eigenvalue weighted by Gasteiger charge is 2.07. The lowest BCUT2D eigenvalue weighted by Gasteiger charge is -2.05. The lowest BCUT2D eigenvalue weighted by Crippen LogP contribution is -2.15. The van der Waals surface area contributed by atoms with Crippen molar-refractivity contribution in [3.05, 3.63) is 42.2 Å². The van der Waals surface area contributed by atoms with E-state index in [-0.39, 0.29) is 11.7 Å². The number of aromatic nitrogens is 2. The summed E-state index contributed by atoms with van der Waals surface area (Å²) in [6.07, 6.45) is 3.51. The van der Waals surface area contributed by atoms with Crippen LogP contribution < -0.4 is 11.1 Å². The molecule has 0 spiro atoms. The van der Waals surface area contributed by atoms with Gasteiger partial charge in [0.2, 0.25) is 11.8 Å². The van der Waals surface area contributed by atoms with Crippen molar-refractivity contribution in [2.75, 3.05) is 11.1 Å². The van der Waals surface area contributed by atoms with E-state index in [2.05, 4.69) is 10.3 Å². The molecule has 0 radical (unpaired) electrons. The second-order valence-electron chi connectivity index (χ2n) is 4.10. The van der Waals surface area contributed by atoms with Gasteiger partial charge >= 0.3 is 0 Å². The quantitative estimate of drug-likeness (QED) is 0.811. The summed E-state index contributed by atoms with van der Waals surface area (Å²) >= 11 is 1.35. The molecule has 0 aliphatic rings. The van der Waals surface area contributed by atoms with Crippen molar-refractivity contribution in [1.82, 2.24) is 9.55 Å². The number of nitrogens with two attached hydrogens (primary N) is 1. The number of rotatable bonds is 5. The predicted molar refractivity (Wildman–Crippen MR) is 77.5 cm³/mol. The molecule has 1 aromatic carbocycles. The topological polar surface area (TPSA) is 90.0 Å². The molecular weight excluding hydrogens is 276 g/mol. The molecule has 1 heterocycles. The maximum absolute atomic E-state index is 11.8. The Morgan fingerprint density at radius 1 is 1.35 bits per heavy atom. The Bertz CT molecular complexity index is 622. The van der Waals surface area contributed by atoms with Crippen LogP contribution in [0.25, 0.3) is 0 Å². The number of hydrogen-bond acceptors (Lipinski definition) is 4. The van der Waals surface area contributed by atoms with Crippen LogP contribution in [0, 0.1) is 0 Å². The minimum Gasteiger partial charge on any atom is -0.366 e. The lowest BCUT2D eigenvalue weighted by molar-refractivity contribution is -0.113. The number of primary amides is 1. The van der Waals surface area contributed by atoms with Crippen LogP contribution in [0.15, 0.2) is 41.8 Å². The fraction of sp³-hybridized carbons (Fsp3) is 0.154. The van der Waals surface area contributed by atoms with Crippen molar-refractivity contribution in [3.63, 3.8) is 0 Å². The summed E-state index contributed by atoms with van der Waals surface area (Å²) in [5, 5.41) is 3.52. The molecule has 1 aromatic heterocycles. The van der Waals surface area contributed by atoms with Crippen molar-refractivity contribution in [3.8, 4) is 0 Å². The predicted octanol–water partition coefficient (Wildman–Crippen LogP) is 1.25. The number of nitrogens with zero attached hydrogens (tertiary/aromatic N) is 2. The molecule has 0 aliphatic carbocycles. The molecule has 20 heavy (non-hydrogen) atoms. The Balaban J connectivity index is 1.88. The minimum absolute atomic E-state index is 0.134. The number of hydrogen-bond donors (Lipinski definition) is 2. The normalized spacial score (nSPS) is 10.2. The summed E-state index contributed by atoms with van der Waals surface area (Å²) in [4.78, 5) is 26.8. The highest BCUT2D eigenvalue weighted by Crippen LogP contribution is 2.15. The van der Waals surface area contributed by atoms with E-state index in [9.17, 15) is 9.59 Å². The lowest BCUT2D eigenvalue weighted by atomic mass is 10.2. The Labute approximate surface area is 120 Å². The zero-order valence-corrected chi connectivity index (χ0v) is 11.7. The summed E-state index contributed by atoms with van der Waals surface area (Å²) in [6, 6.07) is 6.43. The monoisotopic (exact) mass is 290 g/mol. The summed E-state index contributed by atoms with van der Waals surface area (Å²) in [7, 11) is 1.87. The number of anilines is 1. The number of thioether (sulfide) groups is 1. The van der Waals surface area contributed by atoms with Crippen molar-refractivity contribution >= 4 is 29.3 Å². The smallest absolute Gasteiger partial charge is 0.248 e. The van der Waals surface area contributed by atoms with Crippen molar-refractivity contribution in [2.45, 2.75) is 5.16 Å². The van der Waals surface area contributed by atoms with Crippen molar-refractivity contribution in [2.24, 2.45) is 12.8 Å². The van der Waals surface area contributed by atoms with E-state index in [0.717, 1.165) is 5.16 Å². The van der Waals surface area contributed by atoms with Gasteiger partial charge in [0.1, 0.15) is 0 Å². The number of amides is 2. The van der Waals surface area contributed by atoms with E-state index in [1.165, 1.54) is 11.8 Å². The highest BCUT2D eigenvalue weighted by atomic mass is 32.2. The molecule has 7 heteroatoms. The first kappa shape index (κ1) is 14.1. The van der Waals surface area contributed by atoms with E-state index in [0.29, 0.717) is 11.3 Å². The first-order valence-corrected chi connectivity index (χ1v) is 6.84. The van der Waals surface area contributed by atoms with Gasteiger partial charge in [-0.1, -0.05) is 11.8 Å². The van der Waals surface area contributed by atoms with Crippen LogP contribution in [0.1, 0.15) is 10.4 Å². The van der Waals surface area contributed by atoms with Crippen molar-refractivity contribution in [1.29, 1.82) is 0 Å². The molecule has 2 aromatic rings. The molecule has 104 valence electrons. The number of benzene rings is 1. The van der Waals surface area contributed by atoms with E-state index >= 15 is 0 Å². The first-order chi connectivity index (χ1) is 9.56. The maximum atomic E-state index is 11.8. The zero-order valence-electron chi connectivity index (χ0n) is 10.9. The fourth-order valence-corrected chi connectivity index (χ4v) is 2.27. The standard InChI is InChI=1S/C13H14N4O2S/c1-17-7-6-15-13(17)20-8-11(18)16-10-4-2-9(3-5-10)12(14)19/h2-7H,8H2,1H3,(H2,14,19)(H,16,18). The average molecular weight is 290 g/mol. The van der Waals surface area contributed by atoms with E-state index in [1.807, 2.05) is 17.8 Å². The van der Waals surface area contributed by atoms with Gasteiger partial charge < -0.3 is 15.6 Å². The molecule has 6 nitrogen and oxygen atoms in total. The molecule has 0 aliphatic heterocycles. The molecule has 0 fully saturated rings. The third kappa shape index (κ3) is 3.61. The van der Waals surface area contributed by atoms with E-state index in [4.69, 9.17) is 5.73 Å². The van der Waals surface area contributed by atoms with Gasteiger partial charge in [-0.2, -0.15) is 0 Å².